The van der Waals surface area contributed by atoms with E-state index in [4.69, 9.17) is 4.98 Å². The van der Waals surface area contributed by atoms with Crippen molar-refractivity contribution in [2.24, 2.45) is 18.9 Å². The van der Waals surface area contributed by atoms with E-state index >= 15 is 0 Å². The van der Waals surface area contributed by atoms with Crippen LogP contribution < -0.4 is 14.9 Å². The van der Waals surface area contributed by atoms with Crippen LogP contribution in [0.1, 0.15) is 37.1 Å². The van der Waals surface area contributed by atoms with Gasteiger partial charge in [0.2, 0.25) is 16.0 Å². The molecule has 0 aliphatic heterocycles. The third kappa shape index (κ3) is 5.17. The van der Waals surface area contributed by atoms with Crippen LogP contribution in [-0.4, -0.2) is 55.4 Å². The van der Waals surface area contributed by atoms with Gasteiger partial charge in [-0.25, -0.2) is 18.1 Å². The maximum atomic E-state index is 12.8. The first kappa shape index (κ1) is 24.4. The molecule has 0 amide bonds. The minimum atomic E-state index is -3.56. The van der Waals surface area contributed by atoms with E-state index in [1.54, 1.807) is 25.6 Å². The number of benzene rings is 1. The molecule has 9 nitrogen and oxygen atoms in total. The van der Waals surface area contributed by atoms with Gasteiger partial charge in [-0.1, -0.05) is 12.1 Å². The summed E-state index contributed by atoms with van der Waals surface area (Å²) in [6.07, 6.45) is 4.11. The van der Waals surface area contributed by atoms with Crippen molar-refractivity contribution in [1.82, 2.24) is 24.5 Å². The quantitative estimate of drug-likeness (QED) is 0.505. The van der Waals surface area contributed by atoms with Crippen molar-refractivity contribution < 1.29 is 8.42 Å². The molecular formula is C24H35N7O2S. The Labute approximate surface area is 202 Å². The minimum Gasteiger partial charge on any atom is -0.362 e. The lowest BCUT2D eigenvalue weighted by molar-refractivity contribution is 0.284. The molecule has 0 saturated heterocycles. The summed E-state index contributed by atoms with van der Waals surface area (Å²) in [6, 6.07) is 8.05. The Morgan fingerprint density at radius 1 is 1.03 bits per heavy atom. The number of sulfonamides is 1. The van der Waals surface area contributed by atoms with E-state index in [1.807, 2.05) is 43.3 Å². The summed E-state index contributed by atoms with van der Waals surface area (Å²) < 4.78 is 30.1. The second-order valence-corrected chi connectivity index (χ2v) is 11.2. The van der Waals surface area contributed by atoms with Gasteiger partial charge in [0.1, 0.15) is 10.7 Å². The molecule has 0 spiro atoms. The number of aromatic nitrogens is 4. The van der Waals surface area contributed by atoms with Crippen LogP contribution in [0.25, 0.3) is 10.9 Å². The van der Waals surface area contributed by atoms with E-state index in [0.717, 1.165) is 48.9 Å². The predicted octanol–water partition coefficient (Wildman–Crippen LogP) is 3.24. The lowest BCUT2D eigenvalue weighted by Gasteiger charge is -2.28. The van der Waals surface area contributed by atoms with Gasteiger partial charge < -0.3 is 10.2 Å². The van der Waals surface area contributed by atoms with E-state index in [-0.39, 0.29) is 0 Å². The molecule has 0 unspecified atom stereocenters. The molecule has 1 aliphatic carbocycles. The molecule has 1 fully saturated rings. The first-order valence-corrected chi connectivity index (χ1v) is 13.3. The van der Waals surface area contributed by atoms with Gasteiger partial charge in [-0.05, 0) is 63.5 Å². The second-order valence-electron chi connectivity index (χ2n) is 9.53. The Morgan fingerprint density at radius 2 is 1.68 bits per heavy atom. The van der Waals surface area contributed by atoms with Gasteiger partial charge in [-0.15, -0.1) is 0 Å². The first-order valence-electron chi connectivity index (χ1n) is 11.8. The highest BCUT2D eigenvalue weighted by Gasteiger charge is 2.27. The molecule has 34 heavy (non-hydrogen) atoms. The molecule has 1 saturated carbocycles. The lowest BCUT2D eigenvalue weighted by Crippen LogP contribution is -2.32. The number of anilines is 2. The van der Waals surface area contributed by atoms with Crippen LogP contribution >= 0.6 is 0 Å². The molecule has 0 radical (unpaired) electrons. The average molecular weight is 486 g/mol. The van der Waals surface area contributed by atoms with Gasteiger partial charge in [-0.2, -0.15) is 10.1 Å². The van der Waals surface area contributed by atoms with Crippen LogP contribution in [0.5, 0.6) is 0 Å². The van der Waals surface area contributed by atoms with Crippen LogP contribution in [0.3, 0.4) is 0 Å². The molecular weight excluding hydrogens is 450 g/mol. The fourth-order valence-electron chi connectivity index (χ4n) is 4.80. The highest BCUT2D eigenvalue weighted by atomic mass is 32.2. The van der Waals surface area contributed by atoms with E-state index < -0.39 is 10.0 Å². The largest absolute Gasteiger partial charge is 0.362 e. The van der Waals surface area contributed by atoms with Gasteiger partial charge in [0.05, 0.1) is 16.9 Å². The highest BCUT2D eigenvalue weighted by Crippen LogP contribution is 2.30. The van der Waals surface area contributed by atoms with Crippen molar-refractivity contribution in [3.05, 3.63) is 35.7 Å². The number of hydrogen-bond donors (Lipinski definition) is 2. The second kappa shape index (κ2) is 9.87. The zero-order valence-corrected chi connectivity index (χ0v) is 21.5. The van der Waals surface area contributed by atoms with Gasteiger partial charge in [0.25, 0.3) is 0 Å². The third-order valence-electron chi connectivity index (χ3n) is 6.80. The zero-order valence-electron chi connectivity index (χ0n) is 20.7. The first-order chi connectivity index (χ1) is 16.2. The summed E-state index contributed by atoms with van der Waals surface area (Å²) >= 11 is 0. The van der Waals surface area contributed by atoms with Crippen LogP contribution in [0.2, 0.25) is 0 Å². The molecule has 2 heterocycles. The summed E-state index contributed by atoms with van der Waals surface area (Å²) in [5.74, 6) is 2.43. The molecule has 184 valence electrons. The molecule has 10 heteroatoms. The number of para-hydroxylation sites is 1. The van der Waals surface area contributed by atoms with Crippen molar-refractivity contribution in [2.75, 3.05) is 37.4 Å². The van der Waals surface area contributed by atoms with Crippen LogP contribution in [0.15, 0.2) is 29.2 Å². The highest BCUT2D eigenvalue weighted by molar-refractivity contribution is 7.89. The van der Waals surface area contributed by atoms with Crippen molar-refractivity contribution in [1.29, 1.82) is 0 Å². The number of nitrogens with one attached hydrogen (secondary N) is 2. The van der Waals surface area contributed by atoms with Crippen molar-refractivity contribution >= 4 is 32.7 Å². The van der Waals surface area contributed by atoms with Crippen molar-refractivity contribution in [3.63, 3.8) is 0 Å². The fourth-order valence-corrected chi connectivity index (χ4v) is 6.35. The molecule has 2 N–H and O–H groups in total. The Hall–Kier alpha value is -2.72. The SMILES string of the molecule is Cc1nn(C)c(C)c1S(=O)(=O)NC[C@H]1CC[C@H](CNc2nc(N(C)C)c3ccccc3n2)CC1. The Bertz CT molecular complexity index is 1260. The van der Waals surface area contributed by atoms with E-state index in [0.29, 0.717) is 40.6 Å². The predicted molar refractivity (Wildman–Crippen MR) is 136 cm³/mol. The summed E-state index contributed by atoms with van der Waals surface area (Å²) in [6.45, 7) is 4.81. The van der Waals surface area contributed by atoms with Gasteiger partial charge in [0, 0.05) is 39.6 Å². The van der Waals surface area contributed by atoms with Crippen molar-refractivity contribution in [2.45, 2.75) is 44.4 Å². The summed E-state index contributed by atoms with van der Waals surface area (Å²) in [7, 11) is 2.19. The number of nitrogens with zero attached hydrogens (tertiary/aromatic N) is 5. The van der Waals surface area contributed by atoms with Gasteiger partial charge >= 0.3 is 0 Å². The van der Waals surface area contributed by atoms with Crippen LogP contribution in [-0.2, 0) is 17.1 Å². The standard InChI is InChI=1S/C24H35N7O2S/c1-16-22(17(2)31(5)29-16)34(32,33)26-15-19-12-10-18(11-13-19)14-25-24-27-21-9-7-6-8-20(21)23(28-24)30(3)4/h6-9,18-19,26H,10-15H2,1-5H3,(H,25,27,28)/t18-,19-. The normalized spacial score (nSPS) is 18.9. The topological polar surface area (TPSA) is 105 Å². The minimum absolute atomic E-state index is 0.306. The summed E-state index contributed by atoms with van der Waals surface area (Å²) in [5, 5.41) is 8.72. The molecule has 0 bridgehead atoms. The van der Waals surface area contributed by atoms with E-state index in [1.165, 1.54) is 0 Å². The average Bonchev–Trinajstić information content (AvgIpc) is 3.08. The Balaban J connectivity index is 1.30. The Morgan fingerprint density at radius 3 is 2.29 bits per heavy atom. The number of aryl methyl sites for hydroxylation is 2. The fraction of sp³-hybridized carbons (Fsp3) is 0.542. The molecule has 2 aromatic heterocycles. The smallest absolute Gasteiger partial charge is 0.244 e. The van der Waals surface area contributed by atoms with Crippen LogP contribution in [0.4, 0.5) is 11.8 Å². The monoisotopic (exact) mass is 485 g/mol. The Kier molecular flexibility index (Phi) is 7.09. The molecule has 1 aliphatic rings. The summed E-state index contributed by atoms with van der Waals surface area (Å²) in [4.78, 5) is 11.7. The molecule has 4 rings (SSSR count). The summed E-state index contributed by atoms with van der Waals surface area (Å²) in [5.41, 5.74) is 2.13. The lowest BCUT2D eigenvalue weighted by atomic mass is 9.82. The maximum absolute atomic E-state index is 12.8. The van der Waals surface area contributed by atoms with Gasteiger partial charge in [0.15, 0.2) is 0 Å². The molecule has 3 aromatic rings. The zero-order chi connectivity index (χ0) is 24.5. The maximum Gasteiger partial charge on any atom is 0.244 e. The van der Waals surface area contributed by atoms with Crippen molar-refractivity contribution in [3.8, 4) is 0 Å². The van der Waals surface area contributed by atoms with E-state index in [9.17, 15) is 8.42 Å². The van der Waals surface area contributed by atoms with E-state index in [2.05, 4.69) is 20.1 Å². The van der Waals surface area contributed by atoms with Crippen LogP contribution in [0, 0.1) is 25.7 Å². The number of fused-ring (bicyclic) bond motifs is 1. The third-order valence-corrected chi connectivity index (χ3v) is 8.47. The molecule has 0 atom stereocenters. The number of rotatable bonds is 8. The van der Waals surface area contributed by atoms with Gasteiger partial charge in [-0.3, -0.25) is 4.68 Å². The number of hydrogen-bond acceptors (Lipinski definition) is 7. The molecule has 1 aromatic carbocycles.